The van der Waals surface area contributed by atoms with Gasteiger partial charge in [-0.15, -0.1) is 0 Å². The van der Waals surface area contributed by atoms with Gasteiger partial charge in [-0.25, -0.2) is 4.79 Å². The molecule has 212 valence electrons. The van der Waals surface area contributed by atoms with Crippen LogP contribution in [0.2, 0.25) is 0 Å². The summed E-state index contributed by atoms with van der Waals surface area (Å²) in [6.07, 6.45) is 11.2. The Morgan fingerprint density at radius 3 is 2.71 bits per heavy atom. The van der Waals surface area contributed by atoms with Crippen LogP contribution in [-0.4, -0.2) is 65.9 Å². The molecular weight excluding hydrogens is 480 g/mol. The molecule has 38 heavy (non-hydrogen) atoms. The summed E-state index contributed by atoms with van der Waals surface area (Å²) in [7, 11) is 0. The maximum Gasteiger partial charge on any atom is 0.436 e. The zero-order chi connectivity index (χ0) is 27.1. The van der Waals surface area contributed by atoms with E-state index in [-0.39, 0.29) is 23.0 Å². The molecule has 5 aliphatic rings. The van der Waals surface area contributed by atoms with Crippen LogP contribution in [0.4, 0.5) is 4.79 Å². The zero-order valence-electron chi connectivity index (χ0n) is 23.6. The molecule has 1 saturated heterocycles. The van der Waals surface area contributed by atoms with Crippen molar-refractivity contribution < 1.29 is 19.5 Å². The van der Waals surface area contributed by atoms with Crippen LogP contribution in [-0.2, 0) is 9.63 Å². The Morgan fingerprint density at radius 1 is 1.16 bits per heavy atom. The molecule has 8 atom stereocenters. The second-order valence-electron chi connectivity index (χ2n) is 13.2. The van der Waals surface area contributed by atoms with E-state index in [0.29, 0.717) is 61.9 Å². The number of hydrogen-bond donors (Lipinski definition) is 3. The van der Waals surface area contributed by atoms with E-state index < -0.39 is 6.09 Å². The summed E-state index contributed by atoms with van der Waals surface area (Å²) in [6, 6.07) is 0.00141. The Bertz CT molecular complexity index is 981. The van der Waals surface area contributed by atoms with Crippen molar-refractivity contribution in [3.8, 4) is 0 Å². The van der Waals surface area contributed by atoms with E-state index in [1.54, 1.807) is 4.90 Å². The quantitative estimate of drug-likeness (QED) is 0.261. The first-order chi connectivity index (χ1) is 18.2. The first kappa shape index (κ1) is 27.8. The first-order valence-electron chi connectivity index (χ1n) is 15.0. The summed E-state index contributed by atoms with van der Waals surface area (Å²) in [5.41, 5.74) is 8.46. The predicted molar refractivity (Wildman–Crippen MR) is 147 cm³/mol. The number of rotatable bonds is 7. The number of nitrogens with two attached hydrogens (primary N) is 1. The van der Waals surface area contributed by atoms with Crippen molar-refractivity contribution in [1.29, 1.82) is 0 Å². The molecule has 0 aromatic carbocycles. The van der Waals surface area contributed by atoms with Gasteiger partial charge in [-0.05, 0) is 106 Å². The van der Waals surface area contributed by atoms with Gasteiger partial charge >= 0.3 is 6.09 Å². The number of ketones is 1. The summed E-state index contributed by atoms with van der Waals surface area (Å²) in [6.45, 7) is 8.95. The average molecular weight is 529 g/mol. The van der Waals surface area contributed by atoms with E-state index in [2.05, 4.69) is 24.3 Å². The largest absolute Gasteiger partial charge is 0.436 e. The van der Waals surface area contributed by atoms with Gasteiger partial charge in [0.2, 0.25) is 0 Å². The van der Waals surface area contributed by atoms with Gasteiger partial charge in [0.25, 0.3) is 0 Å². The number of fused-ring (bicyclic) bond motifs is 5. The van der Waals surface area contributed by atoms with Crippen molar-refractivity contribution in [3.05, 3.63) is 11.6 Å². The van der Waals surface area contributed by atoms with E-state index in [0.717, 1.165) is 44.4 Å². The Hall–Kier alpha value is -1.77. The van der Waals surface area contributed by atoms with Gasteiger partial charge in [0.05, 0.1) is 11.8 Å². The summed E-state index contributed by atoms with van der Waals surface area (Å²) in [5.74, 6) is 2.66. The lowest BCUT2D eigenvalue weighted by Gasteiger charge is -2.58. The molecule has 4 aliphatic carbocycles. The fourth-order valence-electron chi connectivity index (χ4n) is 9.27. The minimum Gasteiger partial charge on any atom is -0.391 e. The Kier molecular flexibility index (Phi) is 8.05. The molecule has 1 amide bonds. The monoisotopic (exact) mass is 528 g/mol. The lowest BCUT2D eigenvalue weighted by Crippen LogP contribution is -2.51. The highest BCUT2D eigenvalue weighted by Gasteiger charge is 2.59. The van der Waals surface area contributed by atoms with E-state index in [9.17, 15) is 14.7 Å². The van der Waals surface area contributed by atoms with Gasteiger partial charge in [-0.3, -0.25) is 9.63 Å². The molecule has 4 fully saturated rings. The number of amides is 1. The molecule has 3 saturated carbocycles. The molecular formula is C30H48N4O4. The molecule has 0 radical (unpaired) electrons. The number of hydrogen-bond acceptors (Lipinski definition) is 7. The number of nitrogens with zero attached hydrogens (tertiary/aromatic N) is 2. The number of allylic oxidation sites excluding steroid dienone is 1. The van der Waals surface area contributed by atoms with Gasteiger partial charge in [-0.1, -0.05) is 24.6 Å². The Balaban J connectivity index is 1.23. The maximum atomic E-state index is 12.9. The number of oxime groups is 1. The molecule has 1 aliphatic heterocycles. The molecule has 5 rings (SSSR count). The van der Waals surface area contributed by atoms with Crippen LogP contribution in [0.15, 0.2) is 16.8 Å². The number of aliphatic hydroxyl groups is 1. The van der Waals surface area contributed by atoms with E-state index in [4.69, 9.17) is 10.6 Å². The number of nitrogens with one attached hydrogen (secondary N) is 1. The van der Waals surface area contributed by atoms with Crippen LogP contribution >= 0.6 is 0 Å². The molecule has 0 spiro atoms. The SMILES string of the molecule is C/C(=N\OC(=O)N(CCN)CCC1NCCC1O)[C@H]1CC[C@H]2[C@@H]3CCC4=CC(=O)CC[C@]4(C)[C@H]3CC[C@]12C. The maximum absolute atomic E-state index is 12.9. The third-order valence-corrected chi connectivity index (χ3v) is 11.4. The number of carbonyl (C=O) groups is 2. The highest BCUT2D eigenvalue weighted by molar-refractivity contribution is 5.91. The smallest absolute Gasteiger partial charge is 0.391 e. The van der Waals surface area contributed by atoms with Crippen LogP contribution in [0.5, 0.6) is 0 Å². The fourth-order valence-corrected chi connectivity index (χ4v) is 9.27. The molecule has 0 aromatic heterocycles. The van der Waals surface area contributed by atoms with Crippen LogP contribution in [0, 0.1) is 34.5 Å². The summed E-state index contributed by atoms with van der Waals surface area (Å²) < 4.78 is 0. The van der Waals surface area contributed by atoms with Gasteiger partial charge in [0, 0.05) is 38.0 Å². The van der Waals surface area contributed by atoms with Gasteiger partial charge in [0.15, 0.2) is 5.78 Å². The minimum atomic E-state index is -0.461. The van der Waals surface area contributed by atoms with Crippen molar-refractivity contribution in [3.63, 3.8) is 0 Å². The number of carbonyl (C=O) groups excluding carboxylic acids is 2. The first-order valence-corrected chi connectivity index (χ1v) is 15.0. The molecule has 8 nitrogen and oxygen atoms in total. The van der Waals surface area contributed by atoms with E-state index >= 15 is 0 Å². The van der Waals surface area contributed by atoms with Crippen LogP contribution in [0.1, 0.15) is 85.0 Å². The third kappa shape index (κ3) is 4.97. The van der Waals surface area contributed by atoms with Crippen LogP contribution < -0.4 is 11.1 Å². The Morgan fingerprint density at radius 2 is 1.97 bits per heavy atom. The zero-order valence-corrected chi connectivity index (χ0v) is 23.6. The second-order valence-corrected chi connectivity index (χ2v) is 13.2. The highest BCUT2D eigenvalue weighted by Crippen LogP contribution is 2.66. The van der Waals surface area contributed by atoms with E-state index in [1.165, 1.54) is 24.8 Å². The van der Waals surface area contributed by atoms with Gasteiger partial charge in [-0.2, -0.15) is 0 Å². The molecule has 0 aromatic rings. The van der Waals surface area contributed by atoms with Crippen LogP contribution in [0.25, 0.3) is 0 Å². The van der Waals surface area contributed by atoms with Gasteiger partial charge in [0.1, 0.15) is 0 Å². The minimum absolute atomic E-state index is 0.00141. The predicted octanol–water partition coefficient (Wildman–Crippen LogP) is 4.02. The third-order valence-electron chi connectivity index (χ3n) is 11.4. The van der Waals surface area contributed by atoms with Crippen LogP contribution in [0.3, 0.4) is 0 Å². The van der Waals surface area contributed by atoms with Crippen molar-refractivity contribution in [2.45, 2.75) is 97.1 Å². The van der Waals surface area contributed by atoms with Gasteiger partial charge < -0.3 is 21.1 Å². The summed E-state index contributed by atoms with van der Waals surface area (Å²) in [5, 5.41) is 17.8. The van der Waals surface area contributed by atoms with Crippen molar-refractivity contribution in [2.24, 2.45) is 45.4 Å². The van der Waals surface area contributed by atoms with Crippen molar-refractivity contribution in [2.75, 3.05) is 26.2 Å². The Labute approximate surface area is 227 Å². The average Bonchev–Trinajstić information content (AvgIpc) is 3.47. The second kappa shape index (κ2) is 11.0. The summed E-state index contributed by atoms with van der Waals surface area (Å²) in [4.78, 5) is 32.1. The topological polar surface area (TPSA) is 117 Å². The van der Waals surface area contributed by atoms with Crippen molar-refractivity contribution in [1.82, 2.24) is 10.2 Å². The molecule has 8 heteroatoms. The summed E-state index contributed by atoms with van der Waals surface area (Å²) >= 11 is 0. The fraction of sp³-hybridized carbons (Fsp3) is 0.833. The molecule has 0 bridgehead atoms. The lowest BCUT2D eigenvalue weighted by atomic mass is 9.46. The van der Waals surface area contributed by atoms with E-state index in [1.807, 2.05) is 13.0 Å². The lowest BCUT2D eigenvalue weighted by molar-refractivity contribution is -0.117. The normalized spacial score (nSPS) is 40.7. The van der Waals surface area contributed by atoms with Crippen molar-refractivity contribution >= 4 is 17.6 Å². The highest BCUT2D eigenvalue weighted by atomic mass is 16.7. The molecule has 1 heterocycles. The number of aliphatic hydroxyl groups excluding tert-OH is 1. The molecule has 2 unspecified atom stereocenters. The molecule has 4 N–H and O–H groups in total. The standard InChI is InChI=1S/C30H48N4O4/c1-19(33-38-28(37)34(17-14-31)16-11-26-27(36)10-15-32-26)23-6-7-24-22-5-4-20-18-21(35)8-12-29(20,2)25(22)9-13-30(23,24)3/h18,22-27,32,36H,4-17,31H2,1-3H3/b33-19+/t22-,23+,24-,25-,26?,27?,29-,30+/m0/s1.